The molecular formula is C19H26Cl2N4O2S. The molecule has 1 aromatic heterocycles. The van der Waals surface area contributed by atoms with E-state index in [0.717, 1.165) is 29.1 Å². The lowest BCUT2D eigenvalue weighted by atomic mass is 9.96. The van der Waals surface area contributed by atoms with Gasteiger partial charge in [-0.1, -0.05) is 12.1 Å². The van der Waals surface area contributed by atoms with Crippen LogP contribution in [0.3, 0.4) is 0 Å². The molecule has 28 heavy (non-hydrogen) atoms. The molecule has 0 aliphatic carbocycles. The molecule has 1 atom stereocenters. The van der Waals surface area contributed by atoms with E-state index >= 15 is 0 Å². The summed E-state index contributed by atoms with van der Waals surface area (Å²) in [6, 6.07) is 7.55. The number of hydrogen-bond acceptors (Lipinski definition) is 5. The summed E-state index contributed by atoms with van der Waals surface area (Å²) in [6.45, 7) is 3.99. The van der Waals surface area contributed by atoms with E-state index in [0.29, 0.717) is 31.7 Å². The SMILES string of the molecule is Cc1nc(-c2cccc(C(=O)N3CCCC(C(=O)NCCN)C3)c2)cs1.Cl.Cl. The fraction of sp³-hybridized carbons (Fsp3) is 0.421. The standard InChI is InChI=1S/C19H24N4O2S.2ClH/c1-13-22-17(12-26-13)14-4-2-5-15(10-14)19(25)23-9-3-6-16(11-23)18(24)21-8-7-20;;/h2,4-5,10,12,16H,3,6-9,11,20H2,1H3,(H,21,24);2*1H. The van der Waals surface area contributed by atoms with Crippen molar-refractivity contribution < 1.29 is 9.59 Å². The van der Waals surface area contributed by atoms with E-state index in [-0.39, 0.29) is 42.5 Å². The number of aryl methyl sites for hydroxylation is 1. The Morgan fingerprint density at radius 2 is 2.14 bits per heavy atom. The average Bonchev–Trinajstić information content (AvgIpc) is 3.12. The van der Waals surface area contributed by atoms with Gasteiger partial charge in [0, 0.05) is 42.7 Å². The number of carbonyl (C=O) groups is 2. The Labute approximate surface area is 181 Å². The Hall–Kier alpha value is -1.67. The van der Waals surface area contributed by atoms with Crippen LogP contribution in [0, 0.1) is 12.8 Å². The summed E-state index contributed by atoms with van der Waals surface area (Å²) in [4.78, 5) is 31.4. The molecule has 2 heterocycles. The molecule has 1 unspecified atom stereocenters. The van der Waals surface area contributed by atoms with Gasteiger partial charge in [0.1, 0.15) is 0 Å². The minimum Gasteiger partial charge on any atom is -0.355 e. The molecule has 6 nitrogen and oxygen atoms in total. The summed E-state index contributed by atoms with van der Waals surface area (Å²) in [5.41, 5.74) is 7.90. The first kappa shape index (κ1) is 24.4. The van der Waals surface area contributed by atoms with E-state index in [1.54, 1.807) is 16.2 Å². The molecule has 3 rings (SSSR count). The molecule has 3 N–H and O–H groups in total. The van der Waals surface area contributed by atoms with Crippen LogP contribution >= 0.6 is 36.2 Å². The first-order valence-electron chi connectivity index (χ1n) is 8.88. The predicted octanol–water partition coefficient (Wildman–Crippen LogP) is 2.89. The smallest absolute Gasteiger partial charge is 0.253 e. The van der Waals surface area contributed by atoms with Crippen LogP contribution in [0.2, 0.25) is 0 Å². The first-order valence-corrected chi connectivity index (χ1v) is 9.76. The Kier molecular flexibility index (Phi) is 9.89. The van der Waals surface area contributed by atoms with Crippen molar-refractivity contribution in [3.05, 3.63) is 40.2 Å². The molecule has 1 aromatic carbocycles. The molecule has 154 valence electrons. The van der Waals surface area contributed by atoms with Gasteiger partial charge in [-0.3, -0.25) is 9.59 Å². The minimum atomic E-state index is -0.163. The van der Waals surface area contributed by atoms with E-state index in [9.17, 15) is 9.59 Å². The molecular weight excluding hydrogens is 419 g/mol. The molecule has 1 aliphatic heterocycles. The van der Waals surface area contributed by atoms with Gasteiger partial charge in [-0.05, 0) is 31.9 Å². The Balaban J connectivity index is 0.00000196. The molecule has 2 aromatic rings. The van der Waals surface area contributed by atoms with Crippen LogP contribution in [0.15, 0.2) is 29.6 Å². The van der Waals surface area contributed by atoms with Crippen LogP contribution in [-0.4, -0.2) is 47.9 Å². The van der Waals surface area contributed by atoms with E-state index in [1.165, 1.54) is 0 Å². The third kappa shape index (κ3) is 5.91. The number of nitrogens with one attached hydrogen (secondary N) is 1. The summed E-state index contributed by atoms with van der Waals surface area (Å²) >= 11 is 1.59. The van der Waals surface area contributed by atoms with Gasteiger partial charge in [-0.15, -0.1) is 36.2 Å². The van der Waals surface area contributed by atoms with Crippen molar-refractivity contribution in [3.8, 4) is 11.3 Å². The third-order valence-corrected chi connectivity index (χ3v) is 5.32. The van der Waals surface area contributed by atoms with Crippen LogP contribution < -0.4 is 11.1 Å². The highest BCUT2D eigenvalue weighted by Crippen LogP contribution is 2.24. The summed E-state index contributed by atoms with van der Waals surface area (Å²) in [6.07, 6.45) is 1.63. The van der Waals surface area contributed by atoms with E-state index < -0.39 is 0 Å². The van der Waals surface area contributed by atoms with Gasteiger partial charge in [-0.25, -0.2) is 4.98 Å². The Morgan fingerprint density at radius 3 is 2.82 bits per heavy atom. The summed E-state index contributed by atoms with van der Waals surface area (Å²) in [5, 5.41) is 5.82. The molecule has 0 saturated carbocycles. The molecule has 0 bridgehead atoms. The topological polar surface area (TPSA) is 88.3 Å². The van der Waals surface area contributed by atoms with Gasteiger partial charge in [0.15, 0.2) is 0 Å². The van der Waals surface area contributed by atoms with Gasteiger partial charge in [-0.2, -0.15) is 0 Å². The zero-order valence-corrected chi connectivity index (χ0v) is 18.2. The number of carbonyl (C=O) groups excluding carboxylic acids is 2. The largest absolute Gasteiger partial charge is 0.355 e. The molecule has 0 spiro atoms. The van der Waals surface area contributed by atoms with Crippen molar-refractivity contribution in [3.63, 3.8) is 0 Å². The van der Waals surface area contributed by atoms with Gasteiger partial charge in [0.25, 0.3) is 5.91 Å². The fourth-order valence-corrected chi connectivity index (χ4v) is 3.83. The number of rotatable bonds is 5. The zero-order chi connectivity index (χ0) is 18.5. The first-order chi connectivity index (χ1) is 12.6. The summed E-state index contributed by atoms with van der Waals surface area (Å²) in [5.74, 6) is -0.210. The monoisotopic (exact) mass is 444 g/mol. The average molecular weight is 445 g/mol. The van der Waals surface area contributed by atoms with Crippen LogP contribution in [0.1, 0.15) is 28.2 Å². The fourth-order valence-electron chi connectivity index (χ4n) is 3.21. The van der Waals surface area contributed by atoms with E-state index in [1.807, 2.05) is 36.6 Å². The van der Waals surface area contributed by atoms with Gasteiger partial charge >= 0.3 is 0 Å². The maximum absolute atomic E-state index is 12.9. The highest BCUT2D eigenvalue weighted by molar-refractivity contribution is 7.09. The van der Waals surface area contributed by atoms with E-state index in [2.05, 4.69) is 10.3 Å². The number of halogens is 2. The molecule has 1 fully saturated rings. The number of nitrogens with two attached hydrogens (primary N) is 1. The number of likely N-dealkylation sites (tertiary alicyclic amines) is 1. The second-order valence-electron chi connectivity index (χ2n) is 6.50. The van der Waals surface area contributed by atoms with Crippen molar-refractivity contribution in [1.82, 2.24) is 15.2 Å². The van der Waals surface area contributed by atoms with Crippen molar-refractivity contribution in [1.29, 1.82) is 0 Å². The Morgan fingerprint density at radius 1 is 1.36 bits per heavy atom. The van der Waals surface area contributed by atoms with Gasteiger partial charge < -0.3 is 16.0 Å². The highest BCUT2D eigenvalue weighted by atomic mass is 35.5. The van der Waals surface area contributed by atoms with Crippen LogP contribution in [0.5, 0.6) is 0 Å². The van der Waals surface area contributed by atoms with Crippen LogP contribution in [0.25, 0.3) is 11.3 Å². The number of nitrogens with zero attached hydrogens (tertiary/aromatic N) is 2. The minimum absolute atomic E-state index is 0. The number of thiazole rings is 1. The zero-order valence-electron chi connectivity index (χ0n) is 15.7. The molecule has 1 aliphatic rings. The number of hydrogen-bond donors (Lipinski definition) is 2. The van der Waals surface area contributed by atoms with Crippen molar-refractivity contribution >= 4 is 48.0 Å². The third-order valence-electron chi connectivity index (χ3n) is 4.55. The van der Waals surface area contributed by atoms with Crippen molar-refractivity contribution in [2.75, 3.05) is 26.2 Å². The number of aromatic nitrogens is 1. The molecule has 2 amide bonds. The van der Waals surface area contributed by atoms with Gasteiger partial charge in [0.2, 0.25) is 5.91 Å². The lowest BCUT2D eigenvalue weighted by Crippen LogP contribution is -2.46. The van der Waals surface area contributed by atoms with Crippen molar-refractivity contribution in [2.45, 2.75) is 19.8 Å². The molecule has 9 heteroatoms. The maximum atomic E-state index is 12.9. The maximum Gasteiger partial charge on any atom is 0.253 e. The number of amides is 2. The number of piperidine rings is 1. The molecule has 1 saturated heterocycles. The van der Waals surface area contributed by atoms with E-state index in [4.69, 9.17) is 5.73 Å². The molecule has 0 radical (unpaired) electrons. The Bertz CT molecular complexity index is 800. The summed E-state index contributed by atoms with van der Waals surface area (Å²) < 4.78 is 0. The lowest BCUT2D eigenvalue weighted by molar-refractivity contribution is -0.126. The van der Waals surface area contributed by atoms with Gasteiger partial charge in [0.05, 0.1) is 16.6 Å². The second-order valence-corrected chi connectivity index (χ2v) is 7.56. The van der Waals surface area contributed by atoms with Crippen molar-refractivity contribution in [2.24, 2.45) is 11.7 Å². The highest BCUT2D eigenvalue weighted by Gasteiger charge is 2.28. The normalized spacial score (nSPS) is 15.9. The van der Waals surface area contributed by atoms with Crippen LogP contribution in [0.4, 0.5) is 0 Å². The van der Waals surface area contributed by atoms with Crippen LogP contribution in [-0.2, 0) is 4.79 Å². The second kappa shape index (κ2) is 11.4. The quantitative estimate of drug-likeness (QED) is 0.741. The lowest BCUT2D eigenvalue weighted by Gasteiger charge is -2.32. The summed E-state index contributed by atoms with van der Waals surface area (Å²) in [7, 11) is 0. The predicted molar refractivity (Wildman–Crippen MR) is 117 cm³/mol. The number of benzene rings is 1.